The molecule has 0 fully saturated rings. The van der Waals surface area contributed by atoms with Crippen molar-refractivity contribution in [3.63, 3.8) is 0 Å². The average Bonchev–Trinajstić information content (AvgIpc) is 2.27. The highest BCUT2D eigenvalue weighted by Gasteiger charge is 2.25. The van der Waals surface area contributed by atoms with Gasteiger partial charge in [-0.05, 0) is 13.0 Å². The second kappa shape index (κ2) is 5.28. The first-order valence-corrected chi connectivity index (χ1v) is 6.32. The first-order valence-electron chi connectivity index (χ1n) is 4.84. The number of carboxylic acid groups (broad SMARTS) is 1. The molecule has 8 nitrogen and oxygen atoms in total. The van der Waals surface area contributed by atoms with Crippen LogP contribution in [0.3, 0.4) is 0 Å². The molecule has 0 amide bonds. The summed E-state index contributed by atoms with van der Waals surface area (Å²) in [7, 11) is -4.41. The van der Waals surface area contributed by atoms with E-state index in [1.165, 1.54) is 0 Å². The number of nitro groups is 1. The number of rotatable bonds is 5. The van der Waals surface area contributed by atoms with Crippen LogP contribution in [0.25, 0.3) is 0 Å². The molecule has 2 N–H and O–H groups in total. The van der Waals surface area contributed by atoms with Crippen LogP contribution in [0.15, 0.2) is 23.1 Å². The lowest BCUT2D eigenvalue weighted by Gasteiger charge is -2.10. The van der Waals surface area contributed by atoms with E-state index in [1.54, 1.807) is 4.72 Å². The molecule has 0 aromatic heterocycles. The standard InChI is InChI=1S/C9H9FN2O6S/c1-5(9(13)14)11-19(17,18)8-3-2-6(12(15)16)4-7(8)10/h2-5,11H,1H3,(H,13,14). The number of nitrogens with zero attached hydrogens (tertiary/aromatic N) is 1. The third-order valence-electron chi connectivity index (χ3n) is 2.12. The summed E-state index contributed by atoms with van der Waals surface area (Å²) in [6.07, 6.45) is 0. The molecule has 0 bridgehead atoms. The first kappa shape index (κ1) is 15.0. The van der Waals surface area contributed by atoms with E-state index in [0.717, 1.165) is 13.0 Å². The Bertz CT molecular complexity index is 630. The van der Waals surface area contributed by atoms with Gasteiger partial charge in [-0.2, -0.15) is 4.72 Å². The summed E-state index contributed by atoms with van der Waals surface area (Å²) in [5.74, 6) is -2.77. The third kappa shape index (κ3) is 3.45. The zero-order chi connectivity index (χ0) is 14.8. The number of carbonyl (C=O) groups is 1. The Kier molecular flexibility index (Phi) is 4.17. The molecule has 0 spiro atoms. The highest BCUT2D eigenvalue weighted by Crippen LogP contribution is 2.20. The molecule has 19 heavy (non-hydrogen) atoms. The van der Waals surface area contributed by atoms with Gasteiger partial charge < -0.3 is 5.11 Å². The Balaban J connectivity index is 3.16. The highest BCUT2D eigenvalue weighted by molar-refractivity contribution is 7.89. The molecule has 0 saturated carbocycles. The molecule has 0 radical (unpaired) electrons. The van der Waals surface area contributed by atoms with Crippen LogP contribution in [0.1, 0.15) is 6.92 Å². The van der Waals surface area contributed by atoms with Gasteiger partial charge in [0.1, 0.15) is 16.8 Å². The van der Waals surface area contributed by atoms with Crippen LogP contribution in [-0.4, -0.2) is 30.5 Å². The number of hydrogen-bond acceptors (Lipinski definition) is 5. The van der Waals surface area contributed by atoms with Gasteiger partial charge in [-0.3, -0.25) is 14.9 Å². The molecule has 1 aromatic rings. The SMILES string of the molecule is CC(NS(=O)(=O)c1ccc([N+](=O)[O-])cc1F)C(=O)O. The quantitative estimate of drug-likeness (QED) is 0.600. The monoisotopic (exact) mass is 292 g/mol. The van der Waals surface area contributed by atoms with Crippen LogP contribution in [0.2, 0.25) is 0 Å². The Morgan fingerprint density at radius 2 is 2.11 bits per heavy atom. The Labute approximate surface area is 107 Å². The smallest absolute Gasteiger partial charge is 0.321 e. The van der Waals surface area contributed by atoms with E-state index in [4.69, 9.17) is 5.11 Å². The number of hydrogen-bond donors (Lipinski definition) is 2. The average molecular weight is 292 g/mol. The zero-order valence-corrected chi connectivity index (χ0v) is 10.3. The van der Waals surface area contributed by atoms with Crippen molar-refractivity contribution in [2.24, 2.45) is 0 Å². The molecule has 0 saturated heterocycles. The van der Waals surface area contributed by atoms with Gasteiger partial charge in [0.15, 0.2) is 0 Å². The number of carboxylic acids is 1. The van der Waals surface area contributed by atoms with Crippen molar-refractivity contribution >= 4 is 21.7 Å². The normalized spacial score (nSPS) is 12.9. The minimum atomic E-state index is -4.41. The van der Waals surface area contributed by atoms with E-state index in [0.29, 0.717) is 12.1 Å². The minimum Gasteiger partial charge on any atom is -0.480 e. The second-order valence-corrected chi connectivity index (χ2v) is 5.24. The van der Waals surface area contributed by atoms with Crippen LogP contribution >= 0.6 is 0 Å². The van der Waals surface area contributed by atoms with Crippen molar-refractivity contribution in [3.8, 4) is 0 Å². The largest absolute Gasteiger partial charge is 0.480 e. The summed E-state index contributed by atoms with van der Waals surface area (Å²) >= 11 is 0. The molecule has 104 valence electrons. The van der Waals surface area contributed by atoms with Gasteiger partial charge in [0, 0.05) is 6.07 Å². The molecule has 0 heterocycles. The number of nitrogens with one attached hydrogen (secondary N) is 1. The van der Waals surface area contributed by atoms with Gasteiger partial charge in [-0.15, -0.1) is 0 Å². The summed E-state index contributed by atoms with van der Waals surface area (Å²) < 4.78 is 38.5. The van der Waals surface area contributed by atoms with E-state index in [1.807, 2.05) is 0 Å². The number of halogens is 1. The lowest BCUT2D eigenvalue weighted by molar-refractivity contribution is -0.385. The molecule has 1 unspecified atom stereocenters. The summed E-state index contributed by atoms with van der Waals surface area (Å²) in [4.78, 5) is 19.2. The fourth-order valence-electron chi connectivity index (χ4n) is 1.17. The van der Waals surface area contributed by atoms with E-state index < -0.39 is 43.4 Å². The van der Waals surface area contributed by atoms with Gasteiger partial charge in [0.05, 0.1) is 11.0 Å². The van der Waals surface area contributed by atoms with Gasteiger partial charge in [0.25, 0.3) is 5.69 Å². The lowest BCUT2D eigenvalue weighted by Crippen LogP contribution is -2.38. The predicted octanol–water partition coefficient (Wildman–Crippen LogP) is 0.485. The van der Waals surface area contributed by atoms with Crippen molar-refractivity contribution in [1.29, 1.82) is 0 Å². The molecule has 1 atom stereocenters. The van der Waals surface area contributed by atoms with Gasteiger partial charge >= 0.3 is 5.97 Å². The second-order valence-electron chi connectivity index (χ2n) is 3.55. The molecule has 1 aromatic carbocycles. The molecule has 0 aliphatic carbocycles. The predicted molar refractivity (Wildman–Crippen MR) is 60.5 cm³/mol. The van der Waals surface area contributed by atoms with Crippen molar-refractivity contribution in [1.82, 2.24) is 4.72 Å². The molecular formula is C9H9FN2O6S. The Hall–Kier alpha value is -2.07. The van der Waals surface area contributed by atoms with E-state index in [-0.39, 0.29) is 0 Å². The number of benzene rings is 1. The van der Waals surface area contributed by atoms with Crippen LogP contribution in [-0.2, 0) is 14.8 Å². The first-order chi connectivity index (χ1) is 8.65. The minimum absolute atomic E-state index is 0.444. The maximum atomic E-state index is 13.5. The Morgan fingerprint density at radius 1 is 1.53 bits per heavy atom. The van der Waals surface area contributed by atoms with Crippen molar-refractivity contribution in [3.05, 3.63) is 34.1 Å². The highest BCUT2D eigenvalue weighted by atomic mass is 32.2. The number of aliphatic carboxylic acids is 1. The lowest BCUT2D eigenvalue weighted by atomic mass is 10.3. The van der Waals surface area contributed by atoms with Crippen molar-refractivity contribution < 1.29 is 27.6 Å². The molecule has 0 aliphatic rings. The van der Waals surface area contributed by atoms with Gasteiger partial charge in [-0.1, -0.05) is 0 Å². The number of nitro benzene ring substituents is 1. The maximum Gasteiger partial charge on any atom is 0.321 e. The molecular weight excluding hydrogens is 283 g/mol. The third-order valence-corrected chi connectivity index (χ3v) is 3.69. The number of sulfonamides is 1. The van der Waals surface area contributed by atoms with Crippen LogP contribution in [0.4, 0.5) is 10.1 Å². The van der Waals surface area contributed by atoms with Gasteiger partial charge in [-0.25, -0.2) is 12.8 Å². The Morgan fingerprint density at radius 3 is 2.53 bits per heavy atom. The van der Waals surface area contributed by atoms with E-state index in [9.17, 15) is 27.7 Å². The summed E-state index contributed by atoms with van der Waals surface area (Å²) in [6, 6.07) is 0.493. The molecule has 1 rings (SSSR count). The topological polar surface area (TPSA) is 127 Å². The molecule has 0 aliphatic heterocycles. The van der Waals surface area contributed by atoms with Crippen LogP contribution in [0, 0.1) is 15.9 Å². The number of non-ortho nitro benzene ring substituents is 1. The fraction of sp³-hybridized carbons (Fsp3) is 0.222. The summed E-state index contributed by atoms with van der Waals surface area (Å²) in [5, 5.41) is 18.9. The zero-order valence-electron chi connectivity index (χ0n) is 9.53. The van der Waals surface area contributed by atoms with Gasteiger partial charge in [0.2, 0.25) is 10.0 Å². The summed E-state index contributed by atoms with van der Waals surface area (Å²) in [5.41, 5.74) is -0.609. The van der Waals surface area contributed by atoms with E-state index >= 15 is 0 Å². The van der Waals surface area contributed by atoms with E-state index in [2.05, 4.69) is 0 Å². The molecule has 10 heteroatoms. The van der Waals surface area contributed by atoms with Crippen LogP contribution in [0.5, 0.6) is 0 Å². The van der Waals surface area contributed by atoms with Crippen molar-refractivity contribution in [2.75, 3.05) is 0 Å². The van der Waals surface area contributed by atoms with Crippen LogP contribution < -0.4 is 4.72 Å². The summed E-state index contributed by atoms with van der Waals surface area (Å²) in [6.45, 7) is 1.06. The van der Waals surface area contributed by atoms with Crippen molar-refractivity contribution in [2.45, 2.75) is 17.9 Å². The fourth-order valence-corrected chi connectivity index (χ4v) is 2.42. The maximum absolute atomic E-state index is 13.5.